The number of amides is 1. The maximum Gasteiger partial charge on any atom is 0.314 e. The number of halogens is 3. The highest BCUT2D eigenvalue weighted by Gasteiger charge is 2.50. The Morgan fingerprint density at radius 3 is 2.61 bits per heavy atom. The Labute approximate surface area is 235 Å². The number of imidazole rings is 1. The van der Waals surface area contributed by atoms with Gasteiger partial charge in [-0.15, -0.1) is 10.2 Å². The van der Waals surface area contributed by atoms with Crippen LogP contribution in [-0.4, -0.2) is 49.5 Å². The molecule has 11 heteroatoms. The van der Waals surface area contributed by atoms with Crippen LogP contribution in [0, 0.1) is 17.2 Å². The van der Waals surface area contributed by atoms with E-state index in [0.717, 1.165) is 25.9 Å². The van der Waals surface area contributed by atoms with Crippen molar-refractivity contribution < 1.29 is 22.4 Å². The van der Waals surface area contributed by atoms with Crippen molar-refractivity contribution in [3.8, 4) is 11.5 Å². The van der Waals surface area contributed by atoms with Crippen LogP contribution in [0.25, 0.3) is 17.1 Å². The zero-order valence-electron chi connectivity index (χ0n) is 22.6. The molecule has 0 unspecified atom stereocenters. The highest BCUT2D eigenvalue weighted by Crippen LogP contribution is 2.57. The molecule has 0 atom stereocenters. The van der Waals surface area contributed by atoms with Crippen molar-refractivity contribution in [3.05, 3.63) is 66.2 Å². The summed E-state index contributed by atoms with van der Waals surface area (Å²) in [5.41, 5.74) is 2.70. The summed E-state index contributed by atoms with van der Waals surface area (Å²) in [7, 11) is 0. The number of aromatic nitrogens is 4. The zero-order valence-corrected chi connectivity index (χ0v) is 22.6. The number of hydrogen-bond acceptors (Lipinski definition) is 6. The van der Waals surface area contributed by atoms with Gasteiger partial charge in [-0.2, -0.15) is 8.78 Å². The molecular weight excluding hydrogens is 533 g/mol. The van der Waals surface area contributed by atoms with E-state index in [4.69, 9.17) is 4.42 Å². The van der Waals surface area contributed by atoms with Gasteiger partial charge >= 0.3 is 6.43 Å². The van der Waals surface area contributed by atoms with Crippen molar-refractivity contribution in [2.24, 2.45) is 11.3 Å². The van der Waals surface area contributed by atoms with Crippen LogP contribution in [0.2, 0.25) is 0 Å². The Bertz CT molecular complexity index is 1570. The van der Waals surface area contributed by atoms with Crippen LogP contribution in [0.3, 0.4) is 0 Å². The molecule has 4 heterocycles. The smallest absolute Gasteiger partial charge is 0.314 e. The standard InChI is InChI=1S/C30H31F3N6O2/c31-21-3-1-4-23(14-21)39(29(40)19-5-10-37(11-6-19)24-15-30(16-24)8-2-9-30)18-22-17-38-12-7-20(13-25(38)34-22)27-35-36-28(41-27)26(32)33/h1,3-4,7,12-14,17,19,24,26H,2,5-6,8-11,15-16,18H2. The van der Waals surface area contributed by atoms with E-state index in [1.807, 2.05) is 0 Å². The zero-order chi connectivity index (χ0) is 28.1. The molecule has 7 rings (SSSR count). The van der Waals surface area contributed by atoms with Crippen molar-refractivity contribution in [1.29, 1.82) is 0 Å². The minimum absolute atomic E-state index is 0.0255. The third-order valence-corrected chi connectivity index (χ3v) is 9.24. The minimum Gasteiger partial charge on any atom is -0.415 e. The van der Waals surface area contributed by atoms with Gasteiger partial charge in [0.2, 0.25) is 11.8 Å². The summed E-state index contributed by atoms with van der Waals surface area (Å²) in [5, 5.41) is 7.09. The van der Waals surface area contributed by atoms with Crippen LogP contribution in [0.1, 0.15) is 63.0 Å². The fourth-order valence-corrected chi connectivity index (χ4v) is 6.80. The van der Waals surface area contributed by atoms with E-state index < -0.39 is 18.1 Å². The van der Waals surface area contributed by atoms with E-state index in [1.54, 1.807) is 46.0 Å². The lowest BCUT2D eigenvalue weighted by molar-refractivity contribution is -0.125. The van der Waals surface area contributed by atoms with Gasteiger partial charge in [-0.1, -0.05) is 12.5 Å². The summed E-state index contributed by atoms with van der Waals surface area (Å²) in [5.74, 6) is -1.35. The third-order valence-electron chi connectivity index (χ3n) is 9.24. The molecule has 1 aliphatic heterocycles. The first-order valence-corrected chi connectivity index (χ1v) is 14.3. The number of piperidine rings is 1. The fourth-order valence-electron chi connectivity index (χ4n) is 6.80. The number of alkyl halides is 2. The van der Waals surface area contributed by atoms with Gasteiger partial charge in [-0.3, -0.25) is 4.79 Å². The molecule has 0 N–H and O–H groups in total. The number of hydrogen-bond donors (Lipinski definition) is 0. The number of likely N-dealkylation sites (tertiary alicyclic amines) is 1. The number of nitrogens with zero attached hydrogens (tertiary/aromatic N) is 6. The molecule has 214 valence electrons. The Balaban J connectivity index is 1.08. The molecule has 3 aromatic heterocycles. The van der Waals surface area contributed by atoms with Crippen molar-refractivity contribution in [1.82, 2.24) is 24.5 Å². The summed E-state index contributed by atoms with van der Waals surface area (Å²) in [4.78, 5) is 22.8. The van der Waals surface area contributed by atoms with Gasteiger partial charge in [0, 0.05) is 35.6 Å². The van der Waals surface area contributed by atoms with Gasteiger partial charge < -0.3 is 18.6 Å². The summed E-state index contributed by atoms with van der Waals surface area (Å²) >= 11 is 0. The molecule has 1 amide bonds. The number of carbonyl (C=O) groups excluding carboxylic acids is 1. The number of rotatable bonds is 7. The molecule has 1 spiro atoms. The first kappa shape index (κ1) is 26.2. The second-order valence-corrected chi connectivity index (χ2v) is 11.8. The van der Waals surface area contributed by atoms with Gasteiger partial charge in [-0.25, -0.2) is 9.37 Å². The van der Waals surface area contributed by atoms with Crippen LogP contribution < -0.4 is 4.90 Å². The highest BCUT2D eigenvalue weighted by molar-refractivity contribution is 5.95. The maximum absolute atomic E-state index is 14.2. The average Bonchev–Trinajstić information content (AvgIpc) is 3.57. The fraction of sp³-hybridized carbons (Fsp3) is 0.467. The first-order valence-electron chi connectivity index (χ1n) is 14.3. The number of pyridine rings is 1. The Morgan fingerprint density at radius 1 is 1.12 bits per heavy atom. The average molecular weight is 565 g/mol. The van der Waals surface area contributed by atoms with Crippen molar-refractivity contribution in [2.75, 3.05) is 18.0 Å². The van der Waals surface area contributed by atoms with E-state index in [2.05, 4.69) is 20.1 Å². The normalized spacial score (nSPS) is 19.5. The highest BCUT2D eigenvalue weighted by atomic mass is 19.3. The topological polar surface area (TPSA) is 79.8 Å². The van der Waals surface area contributed by atoms with Crippen LogP contribution in [0.4, 0.5) is 18.9 Å². The Morgan fingerprint density at radius 2 is 1.93 bits per heavy atom. The van der Waals surface area contributed by atoms with Crippen molar-refractivity contribution in [2.45, 2.75) is 64.0 Å². The molecule has 0 radical (unpaired) electrons. The largest absolute Gasteiger partial charge is 0.415 e. The second kappa shape index (κ2) is 10.3. The van der Waals surface area contributed by atoms with Crippen molar-refractivity contribution in [3.63, 3.8) is 0 Å². The van der Waals surface area contributed by atoms with Gasteiger partial charge in [0.05, 0.1) is 12.2 Å². The molecule has 8 nitrogen and oxygen atoms in total. The third kappa shape index (κ3) is 5.00. The number of anilines is 1. The van der Waals surface area contributed by atoms with Gasteiger partial charge in [-0.05, 0) is 87.4 Å². The van der Waals surface area contributed by atoms with Crippen LogP contribution in [0.15, 0.2) is 53.2 Å². The lowest BCUT2D eigenvalue weighted by Gasteiger charge is -2.58. The second-order valence-electron chi connectivity index (χ2n) is 11.8. The lowest BCUT2D eigenvalue weighted by atomic mass is 9.53. The predicted molar refractivity (Wildman–Crippen MR) is 145 cm³/mol. The van der Waals surface area contributed by atoms with E-state index in [-0.39, 0.29) is 24.3 Å². The molecular formula is C30H31F3N6O2. The summed E-state index contributed by atoms with van der Waals surface area (Å²) in [6, 6.07) is 10.1. The maximum atomic E-state index is 14.2. The number of benzene rings is 1. The van der Waals surface area contributed by atoms with Gasteiger partial charge in [0.15, 0.2) is 0 Å². The van der Waals surface area contributed by atoms with Crippen LogP contribution >= 0.6 is 0 Å². The predicted octanol–water partition coefficient (Wildman–Crippen LogP) is 6.04. The summed E-state index contributed by atoms with van der Waals surface area (Å²) in [6.45, 7) is 1.99. The first-order chi connectivity index (χ1) is 19.9. The lowest BCUT2D eigenvalue weighted by Crippen LogP contribution is -2.56. The molecule has 3 aliphatic rings. The Hall–Kier alpha value is -3.73. The molecule has 2 aliphatic carbocycles. The molecule has 0 bridgehead atoms. The van der Waals surface area contributed by atoms with Crippen molar-refractivity contribution >= 4 is 17.2 Å². The number of carbonyl (C=O) groups is 1. The summed E-state index contributed by atoms with van der Waals surface area (Å²) in [6.07, 6.45) is 8.96. The molecule has 4 aromatic rings. The van der Waals surface area contributed by atoms with Crippen LogP contribution in [-0.2, 0) is 11.3 Å². The molecule has 1 aromatic carbocycles. The number of fused-ring (bicyclic) bond motifs is 1. The molecule has 41 heavy (non-hydrogen) atoms. The molecule has 3 fully saturated rings. The summed E-state index contributed by atoms with van der Waals surface area (Å²) < 4.78 is 46.9. The van der Waals surface area contributed by atoms with E-state index in [9.17, 15) is 18.0 Å². The monoisotopic (exact) mass is 564 g/mol. The minimum atomic E-state index is -2.85. The van der Waals surface area contributed by atoms with E-state index >= 15 is 0 Å². The molecule has 1 saturated heterocycles. The Kier molecular flexibility index (Phi) is 6.56. The quantitative estimate of drug-likeness (QED) is 0.272. The SMILES string of the molecule is O=C(C1CCN(C2CC3(CCC3)C2)CC1)N(Cc1cn2ccc(-c3nnc(C(F)F)o3)cc2n1)c1cccc(F)c1. The van der Waals surface area contributed by atoms with E-state index in [1.165, 1.54) is 44.2 Å². The van der Waals surface area contributed by atoms with E-state index in [0.29, 0.717) is 34.0 Å². The van der Waals surface area contributed by atoms with Gasteiger partial charge in [0.1, 0.15) is 11.5 Å². The van der Waals surface area contributed by atoms with Gasteiger partial charge in [0.25, 0.3) is 5.89 Å². The molecule has 2 saturated carbocycles. The van der Waals surface area contributed by atoms with Crippen LogP contribution in [0.5, 0.6) is 0 Å².